The summed E-state index contributed by atoms with van der Waals surface area (Å²) >= 11 is 0. The van der Waals surface area contributed by atoms with Crippen LogP contribution in [0.5, 0.6) is 0 Å². The molecule has 45 heavy (non-hydrogen) atoms. The smallest absolute Gasteiger partial charge is 0.404 e. The van der Waals surface area contributed by atoms with Gasteiger partial charge in [0.1, 0.15) is 0 Å². The second kappa shape index (κ2) is 14.7. The number of unbranched alkanes of at least 4 members (excludes halogenated alkanes) is 2. The van der Waals surface area contributed by atoms with Gasteiger partial charge in [0.15, 0.2) is 0 Å². The molecule has 0 spiro atoms. The van der Waals surface area contributed by atoms with E-state index in [0.29, 0.717) is 24.8 Å². The number of pyridine rings is 2. The van der Waals surface area contributed by atoms with Crippen LogP contribution in [0.2, 0.25) is 0 Å². The summed E-state index contributed by atoms with van der Waals surface area (Å²) < 4.78 is 13.2. The van der Waals surface area contributed by atoms with Gasteiger partial charge in [0.2, 0.25) is 11.8 Å². The van der Waals surface area contributed by atoms with E-state index >= 15 is 0 Å². The number of nitrogens with one attached hydrogen (secondary N) is 1. The summed E-state index contributed by atoms with van der Waals surface area (Å²) in [5.74, 6) is 1.00. The van der Waals surface area contributed by atoms with Crippen LogP contribution in [-0.4, -0.2) is 76.0 Å². The van der Waals surface area contributed by atoms with Gasteiger partial charge in [-0.15, -0.1) is 0 Å². The van der Waals surface area contributed by atoms with E-state index in [9.17, 15) is 9.59 Å². The molecule has 2 aromatic rings. The van der Waals surface area contributed by atoms with E-state index in [-0.39, 0.29) is 69.0 Å². The second-order valence-corrected chi connectivity index (χ2v) is 14.1. The largest absolute Gasteiger partial charge is 0.481 e. The summed E-state index contributed by atoms with van der Waals surface area (Å²) in [4.78, 5) is 39.1. The summed E-state index contributed by atoms with van der Waals surface area (Å²) in [6, 6.07) is 12.0. The Balaban J connectivity index is 0.00000400. The summed E-state index contributed by atoms with van der Waals surface area (Å²) in [5, 5.41) is 2.88. The Labute approximate surface area is 282 Å². The van der Waals surface area contributed by atoms with E-state index in [0.717, 1.165) is 69.5 Å². The summed E-state index contributed by atoms with van der Waals surface area (Å²) in [6.07, 6.45) is 10.9. The van der Waals surface area contributed by atoms with Crippen LogP contribution < -0.4 is 5.32 Å². The number of carbonyl (C=O) groups excluding carboxylic acids is 2. The first kappa shape index (κ1) is 34.2. The first-order valence-electron chi connectivity index (χ1n) is 16.7. The SMILES string of the molecule is CC1(C)C2C[C@@H]1C[C@H]1OB(C3CCCN3C(=O)CNC(=O)CCCCCN(Cc3ccccn3)Cc3ccccn3)O[C@@]21C.[Re]. The third-order valence-electron chi connectivity index (χ3n) is 10.9. The van der Waals surface area contributed by atoms with Gasteiger partial charge in [-0.05, 0) is 93.5 Å². The molecule has 243 valence electrons. The quantitative estimate of drug-likeness (QED) is 0.238. The molecule has 11 heteroatoms. The number of amides is 2. The maximum Gasteiger partial charge on any atom is 0.481 e. The molecule has 3 saturated carbocycles. The van der Waals surface area contributed by atoms with Crippen LogP contribution in [0.1, 0.15) is 83.5 Å². The molecule has 7 rings (SSSR count). The number of likely N-dealkylation sites (tertiary alicyclic amines) is 1. The zero-order valence-corrected chi connectivity index (χ0v) is 29.7. The molecule has 4 heterocycles. The van der Waals surface area contributed by atoms with Crippen molar-refractivity contribution in [3.63, 3.8) is 0 Å². The monoisotopic (exact) mass is 788 g/mol. The Kier molecular flexibility index (Phi) is 11.2. The molecule has 2 aliphatic heterocycles. The van der Waals surface area contributed by atoms with Crippen LogP contribution in [-0.2, 0) is 52.4 Å². The fourth-order valence-corrected chi connectivity index (χ4v) is 8.27. The van der Waals surface area contributed by atoms with Crippen LogP contribution in [0.25, 0.3) is 0 Å². The third-order valence-corrected chi connectivity index (χ3v) is 10.9. The summed E-state index contributed by atoms with van der Waals surface area (Å²) in [5.41, 5.74) is 2.08. The van der Waals surface area contributed by atoms with Gasteiger partial charge in [-0.3, -0.25) is 24.5 Å². The molecule has 2 bridgehead atoms. The van der Waals surface area contributed by atoms with Crippen molar-refractivity contribution in [3.8, 4) is 0 Å². The minimum Gasteiger partial charge on any atom is -0.404 e. The molecule has 2 saturated heterocycles. The maximum atomic E-state index is 13.2. The minimum absolute atomic E-state index is 0. The summed E-state index contributed by atoms with van der Waals surface area (Å²) in [6.45, 7) is 10.1. The molecule has 5 aliphatic rings. The number of aromatic nitrogens is 2. The minimum atomic E-state index is -0.378. The zero-order valence-electron chi connectivity index (χ0n) is 27.0. The molecular weight excluding hydrogens is 739 g/mol. The molecule has 2 unspecified atom stereocenters. The van der Waals surface area contributed by atoms with Crippen LogP contribution in [0.15, 0.2) is 48.8 Å². The average Bonchev–Trinajstić information content (AvgIpc) is 3.65. The van der Waals surface area contributed by atoms with Crippen molar-refractivity contribution in [3.05, 3.63) is 60.2 Å². The van der Waals surface area contributed by atoms with Crippen LogP contribution in [0.3, 0.4) is 0 Å². The van der Waals surface area contributed by atoms with Gasteiger partial charge >= 0.3 is 7.12 Å². The number of carbonyl (C=O) groups is 2. The fourth-order valence-electron chi connectivity index (χ4n) is 8.27. The van der Waals surface area contributed by atoms with Gasteiger partial charge in [0, 0.05) is 58.9 Å². The molecular formula is C34H48BN5O4Re. The standard InChI is InChI=1S/C34H48BN5O4.Re/c1-33(2)25-20-28(33)34(3)29(21-25)43-35(44-34)30-14-11-19-40(30)32(42)22-38-31(41)15-5-4-10-18-39(23-26-12-6-8-16-36-26)24-27-13-7-9-17-37-27;/h6-9,12-13,16-17,25,28-30H,4-5,10-11,14-15,18-24H2,1-3H3,(H,38,41);/t25-,28?,29-,30?,34+;/m1./s1. The van der Waals surface area contributed by atoms with E-state index in [4.69, 9.17) is 9.31 Å². The molecule has 9 nitrogen and oxygen atoms in total. The normalized spacial score (nSPS) is 27.9. The van der Waals surface area contributed by atoms with E-state index in [2.05, 4.69) is 41.0 Å². The fraction of sp³-hybridized carbons (Fsp3) is 0.647. The number of nitrogens with zero attached hydrogens (tertiary/aromatic N) is 4. The van der Waals surface area contributed by atoms with Crippen molar-refractivity contribution < 1.29 is 39.3 Å². The van der Waals surface area contributed by atoms with Crippen molar-refractivity contribution in [2.75, 3.05) is 19.6 Å². The van der Waals surface area contributed by atoms with Gasteiger partial charge < -0.3 is 19.5 Å². The molecule has 0 aromatic carbocycles. The Hall–Kier alpha value is -2.15. The number of rotatable bonds is 13. The van der Waals surface area contributed by atoms with Crippen molar-refractivity contribution in [1.29, 1.82) is 0 Å². The van der Waals surface area contributed by atoms with Crippen molar-refractivity contribution >= 4 is 18.9 Å². The number of hydrogen-bond donors (Lipinski definition) is 1. The second-order valence-electron chi connectivity index (χ2n) is 14.1. The van der Waals surface area contributed by atoms with Crippen LogP contribution in [0, 0.1) is 17.3 Å². The molecule has 5 fully saturated rings. The first-order valence-corrected chi connectivity index (χ1v) is 16.7. The molecule has 1 radical (unpaired) electrons. The van der Waals surface area contributed by atoms with E-state index in [1.54, 1.807) is 0 Å². The van der Waals surface area contributed by atoms with E-state index in [1.165, 1.54) is 6.42 Å². The topological polar surface area (TPSA) is 96.9 Å². The van der Waals surface area contributed by atoms with Crippen molar-refractivity contribution in [2.45, 2.75) is 103 Å². The molecule has 5 atom stereocenters. The van der Waals surface area contributed by atoms with E-state index in [1.807, 2.05) is 53.7 Å². The predicted octanol–water partition coefficient (Wildman–Crippen LogP) is 4.41. The Morgan fingerprint density at radius 1 is 1.02 bits per heavy atom. The average molecular weight is 788 g/mol. The molecule has 3 aliphatic carbocycles. The van der Waals surface area contributed by atoms with Crippen molar-refractivity contribution in [1.82, 2.24) is 25.1 Å². The van der Waals surface area contributed by atoms with Gasteiger partial charge in [-0.25, -0.2) is 0 Å². The Morgan fingerprint density at radius 2 is 1.73 bits per heavy atom. The van der Waals surface area contributed by atoms with Crippen LogP contribution >= 0.6 is 0 Å². The molecule has 1 N–H and O–H groups in total. The number of hydrogen-bond acceptors (Lipinski definition) is 7. The van der Waals surface area contributed by atoms with Gasteiger partial charge in [-0.1, -0.05) is 32.4 Å². The van der Waals surface area contributed by atoms with Crippen molar-refractivity contribution in [2.24, 2.45) is 17.3 Å². The Bertz CT molecular complexity index is 1250. The Morgan fingerprint density at radius 3 is 2.38 bits per heavy atom. The molecule has 2 amide bonds. The maximum absolute atomic E-state index is 13.2. The zero-order chi connectivity index (χ0) is 30.7. The molecule has 2 aromatic heterocycles. The van der Waals surface area contributed by atoms with E-state index < -0.39 is 0 Å². The van der Waals surface area contributed by atoms with Gasteiger partial charge in [0.05, 0.1) is 35.6 Å². The predicted molar refractivity (Wildman–Crippen MR) is 169 cm³/mol. The summed E-state index contributed by atoms with van der Waals surface area (Å²) in [7, 11) is -0.378. The third kappa shape index (κ3) is 7.54. The first-order chi connectivity index (χ1) is 21.2. The van der Waals surface area contributed by atoms with Crippen LogP contribution in [0.4, 0.5) is 0 Å². The van der Waals surface area contributed by atoms with Gasteiger partial charge in [-0.2, -0.15) is 0 Å². The van der Waals surface area contributed by atoms with Gasteiger partial charge in [0.25, 0.3) is 0 Å².